The molecule has 2 atom stereocenters. The molecule has 0 N–H and O–H groups in total. The van der Waals surface area contributed by atoms with E-state index in [1.54, 1.807) is 9.80 Å². The SMILES string of the molecule is COC(=O)C1Cc2ccccc2CN1C(=O)C1CCCN(C(=O)Cc2ccccc2)C1. The molecule has 2 aliphatic rings. The van der Waals surface area contributed by atoms with E-state index in [4.69, 9.17) is 4.74 Å². The van der Waals surface area contributed by atoms with Crippen LogP contribution in [0.2, 0.25) is 0 Å². The fourth-order valence-corrected chi connectivity index (χ4v) is 4.62. The van der Waals surface area contributed by atoms with Gasteiger partial charge in [0.2, 0.25) is 11.8 Å². The van der Waals surface area contributed by atoms with Gasteiger partial charge < -0.3 is 14.5 Å². The normalized spacial score (nSPS) is 20.7. The molecule has 2 unspecified atom stereocenters. The van der Waals surface area contributed by atoms with Gasteiger partial charge in [-0.15, -0.1) is 0 Å². The lowest BCUT2D eigenvalue weighted by Crippen LogP contribution is -2.54. The van der Waals surface area contributed by atoms with Crippen molar-refractivity contribution < 1.29 is 19.1 Å². The van der Waals surface area contributed by atoms with Crippen LogP contribution >= 0.6 is 0 Å². The lowest BCUT2D eigenvalue weighted by Gasteiger charge is -2.40. The highest BCUT2D eigenvalue weighted by molar-refractivity contribution is 5.87. The van der Waals surface area contributed by atoms with Crippen molar-refractivity contribution in [3.63, 3.8) is 0 Å². The standard InChI is InChI=1S/C25H28N2O4/c1-31-25(30)22-15-19-10-5-6-11-20(19)17-27(22)24(29)21-12-7-13-26(16-21)23(28)14-18-8-3-2-4-9-18/h2-6,8-11,21-22H,7,12-17H2,1H3. The molecule has 0 spiro atoms. The van der Waals surface area contributed by atoms with Gasteiger partial charge in [-0.2, -0.15) is 0 Å². The molecule has 1 saturated heterocycles. The number of rotatable bonds is 4. The highest BCUT2D eigenvalue weighted by Crippen LogP contribution is 2.28. The summed E-state index contributed by atoms with van der Waals surface area (Å²) in [7, 11) is 1.36. The number of hydrogen-bond donors (Lipinski definition) is 0. The molecule has 0 aliphatic carbocycles. The van der Waals surface area contributed by atoms with E-state index in [9.17, 15) is 14.4 Å². The number of carbonyl (C=O) groups excluding carboxylic acids is 3. The van der Waals surface area contributed by atoms with Gasteiger partial charge in [-0.05, 0) is 29.5 Å². The van der Waals surface area contributed by atoms with Crippen LogP contribution in [0.15, 0.2) is 54.6 Å². The molecule has 1 fully saturated rings. The molecule has 2 aliphatic heterocycles. The monoisotopic (exact) mass is 420 g/mol. The average Bonchev–Trinajstić information content (AvgIpc) is 2.83. The molecular formula is C25H28N2O4. The van der Waals surface area contributed by atoms with Crippen LogP contribution in [0.25, 0.3) is 0 Å². The number of amides is 2. The van der Waals surface area contributed by atoms with Gasteiger partial charge in [0.25, 0.3) is 0 Å². The first-order chi connectivity index (χ1) is 15.1. The number of likely N-dealkylation sites (tertiary alicyclic amines) is 1. The van der Waals surface area contributed by atoms with E-state index >= 15 is 0 Å². The molecule has 0 aromatic heterocycles. The third kappa shape index (κ3) is 4.63. The molecular weight excluding hydrogens is 392 g/mol. The van der Waals surface area contributed by atoms with E-state index in [1.807, 2.05) is 54.6 Å². The molecule has 4 rings (SSSR count). The molecule has 2 amide bonds. The third-order valence-electron chi connectivity index (χ3n) is 6.33. The third-order valence-corrected chi connectivity index (χ3v) is 6.33. The second kappa shape index (κ2) is 9.33. The van der Waals surface area contributed by atoms with Gasteiger partial charge in [-0.1, -0.05) is 54.6 Å². The van der Waals surface area contributed by atoms with Crippen molar-refractivity contribution in [3.8, 4) is 0 Å². The zero-order valence-electron chi connectivity index (χ0n) is 17.8. The predicted octanol–water partition coefficient (Wildman–Crippen LogP) is 2.59. The minimum atomic E-state index is -0.622. The number of carbonyl (C=O) groups is 3. The summed E-state index contributed by atoms with van der Waals surface area (Å²) in [5.74, 6) is -0.721. The minimum absolute atomic E-state index is 0.0391. The van der Waals surface area contributed by atoms with Crippen molar-refractivity contribution in [3.05, 3.63) is 71.3 Å². The molecule has 0 saturated carbocycles. The number of ether oxygens (including phenoxy) is 1. The molecule has 0 radical (unpaired) electrons. The number of benzene rings is 2. The van der Waals surface area contributed by atoms with Crippen molar-refractivity contribution in [1.82, 2.24) is 9.80 Å². The van der Waals surface area contributed by atoms with E-state index in [2.05, 4.69) is 0 Å². The van der Waals surface area contributed by atoms with Gasteiger partial charge >= 0.3 is 5.97 Å². The van der Waals surface area contributed by atoms with Crippen molar-refractivity contribution in [2.24, 2.45) is 5.92 Å². The average molecular weight is 421 g/mol. The van der Waals surface area contributed by atoms with E-state index in [0.717, 1.165) is 29.5 Å². The van der Waals surface area contributed by atoms with Gasteiger partial charge in [0.05, 0.1) is 19.4 Å². The number of esters is 1. The van der Waals surface area contributed by atoms with Gasteiger partial charge in [0.1, 0.15) is 6.04 Å². The molecule has 2 aromatic rings. The smallest absolute Gasteiger partial charge is 0.328 e. The lowest BCUT2D eigenvalue weighted by molar-refractivity contribution is -0.157. The van der Waals surface area contributed by atoms with Crippen LogP contribution in [0.4, 0.5) is 0 Å². The first kappa shape index (κ1) is 21.1. The molecule has 162 valence electrons. The first-order valence-corrected chi connectivity index (χ1v) is 10.8. The molecule has 2 heterocycles. The second-order valence-corrected chi connectivity index (χ2v) is 8.32. The fourth-order valence-electron chi connectivity index (χ4n) is 4.62. The van der Waals surface area contributed by atoms with E-state index in [-0.39, 0.29) is 17.7 Å². The van der Waals surface area contributed by atoms with E-state index in [0.29, 0.717) is 32.5 Å². The summed E-state index contributed by atoms with van der Waals surface area (Å²) >= 11 is 0. The van der Waals surface area contributed by atoms with Crippen molar-refractivity contribution in [1.29, 1.82) is 0 Å². The molecule has 0 bridgehead atoms. The highest BCUT2D eigenvalue weighted by Gasteiger charge is 2.39. The summed E-state index contributed by atoms with van der Waals surface area (Å²) in [6, 6.07) is 16.9. The topological polar surface area (TPSA) is 66.9 Å². The van der Waals surface area contributed by atoms with Gasteiger partial charge in [0.15, 0.2) is 0 Å². The van der Waals surface area contributed by atoms with Crippen LogP contribution in [-0.2, 0) is 38.5 Å². The Morgan fingerprint density at radius 2 is 1.71 bits per heavy atom. The Morgan fingerprint density at radius 1 is 1.00 bits per heavy atom. The summed E-state index contributed by atoms with van der Waals surface area (Å²) in [6.07, 6.45) is 2.30. The Morgan fingerprint density at radius 3 is 2.45 bits per heavy atom. The van der Waals surface area contributed by atoms with E-state index < -0.39 is 12.0 Å². The largest absolute Gasteiger partial charge is 0.467 e. The fraction of sp³-hybridized carbons (Fsp3) is 0.400. The van der Waals surface area contributed by atoms with Crippen LogP contribution in [-0.4, -0.2) is 53.8 Å². The van der Waals surface area contributed by atoms with Crippen LogP contribution in [0.5, 0.6) is 0 Å². The molecule has 2 aromatic carbocycles. The Bertz CT molecular complexity index is 959. The molecule has 31 heavy (non-hydrogen) atoms. The minimum Gasteiger partial charge on any atom is -0.467 e. The maximum Gasteiger partial charge on any atom is 0.328 e. The molecule has 6 heteroatoms. The van der Waals surface area contributed by atoms with Crippen LogP contribution in [0.3, 0.4) is 0 Å². The molecule has 6 nitrogen and oxygen atoms in total. The number of methoxy groups -OCH3 is 1. The maximum atomic E-state index is 13.5. The highest BCUT2D eigenvalue weighted by atomic mass is 16.5. The number of nitrogens with zero attached hydrogens (tertiary/aromatic N) is 2. The quantitative estimate of drug-likeness (QED) is 0.713. The maximum absolute atomic E-state index is 13.5. The lowest BCUT2D eigenvalue weighted by atomic mass is 9.90. The van der Waals surface area contributed by atoms with Gasteiger partial charge in [-0.25, -0.2) is 4.79 Å². The zero-order chi connectivity index (χ0) is 21.8. The summed E-state index contributed by atoms with van der Waals surface area (Å²) in [5, 5.41) is 0. The van der Waals surface area contributed by atoms with Crippen molar-refractivity contribution >= 4 is 17.8 Å². The first-order valence-electron chi connectivity index (χ1n) is 10.8. The predicted molar refractivity (Wildman–Crippen MR) is 116 cm³/mol. The Hall–Kier alpha value is -3.15. The van der Waals surface area contributed by atoms with Gasteiger partial charge in [0, 0.05) is 26.1 Å². The van der Waals surface area contributed by atoms with Crippen LogP contribution in [0, 0.1) is 5.92 Å². The number of piperidine rings is 1. The summed E-state index contributed by atoms with van der Waals surface area (Å²) in [5.41, 5.74) is 3.11. The summed E-state index contributed by atoms with van der Waals surface area (Å²) < 4.78 is 5.00. The van der Waals surface area contributed by atoms with Gasteiger partial charge in [-0.3, -0.25) is 9.59 Å². The Labute approximate surface area is 182 Å². The summed E-state index contributed by atoms with van der Waals surface area (Å²) in [6.45, 7) is 1.46. The zero-order valence-corrected chi connectivity index (χ0v) is 17.8. The van der Waals surface area contributed by atoms with Crippen molar-refractivity contribution in [2.75, 3.05) is 20.2 Å². The number of fused-ring (bicyclic) bond motifs is 1. The summed E-state index contributed by atoms with van der Waals surface area (Å²) in [4.78, 5) is 42.2. The van der Waals surface area contributed by atoms with E-state index in [1.165, 1.54) is 7.11 Å². The van der Waals surface area contributed by atoms with Crippen molar-refractivity contribution in [2.45, 2.75) is 38.3 Å². The Balaban J connectivity index is 1.48. The van der Waals surface area contributed by atoms with Crippen LogP contribution in [0.1, 0.15) is 29.5 Å². The number of hydrogen-bond acceptors (Lipinski definition) is 4. The van der Waals surface area contributed by atoms with Crippen LogP contribution < -0.4 is 0 Å². The second-order valence-electron chi connectivity index (χ2n) is 8.32. The Kier molecular flexibility index (Phi) is 6.35.